The Morgan fingerprint density at radius 2 is 2.26 bits per heavy atom. The number of hydrogen-bond donors (Lipinski definition) is 1. The molecule has 2 rings (SSSR count). The van der Waals surface area contributed by atoms with E-state index >= 15 is 0 Å². The van der Waals surface area contributed by atoms with Crippen LogP contribution in [-0.4, -0.2) is 25.3 Å². The molecule has 1 aromatic rings. The average Bonchev–Trinajstić information content (AvgIpc) is 2.40. The van der Waals surface area contributed by atoms with Crippen molar-refractivity contribution in [2.24, 2.45) is 5.73 Å². The quantitative estimate of drug-likeness (QED) is 0.890. The lowest BCUT2D eigenvalue weighted by Crippen LogP contribution is -2.35. The van der Waals surface area contributed by atoms with Crippen LogP contribution in [0.3, 0.4) is 0 Å². The smallest absolute Gasteiger partial charge is 0.264 e. The molecule has 0 fully saturated rings. The second-order valence-electron chi connectivity index (χ2n) is 4.82. The number of fused-ring (bicyclic) bond motifs is 1. The lowest BCUT2D eigenvalue weighted by atomic mass is 10.0. The molecular formula is C14H18N2O3. The molecule has 102 valence electrons. The normalized spacial score (nSPS) is 15.7. The Hall–Kier alpha value is -1.88. The van der Waals surface area contributed by atoms with Crippen molar-refractivity contribution in [3.05, 3.63) is 23.8 Å². The first-order valence-electron chi connectivity index (χ1n) is 6.27. The van der Waals surface area contributed by atoms with E-state index in [9.17, 15) is 9.59 Å². The van der Waals surface area contributed by atoms with Gasteiger partial charge in [0.05, 0.1) is 5.69 Å². The predicted molar refractivity (Wildman–Crippen MR) is 72.2 cm³/mol. The van der Waals surface area contributed by atoms with Crippen LogP contribution < -0.4 is 15.4 Å². The van der Waals surface area contributed by atoms with Gasteiger partial charge < -0.3 is 20.2 Å². The second kappa shape index (κ2) is 5.40. The summed E-state index contributed by atoms with van der Waals surface area (Å²) in [5.41, 5.74) is 7.70. The van der Waals surface area contributed by atoms with Gasteiger partial charge >= 0.3 is 0 Å². The number of carbonyl (C=O) groups excluding carboxylic acids is 2. The van der Waals surface area contributed by atoms with Crippen LogP contribution in [0.4, 0.5) is 5.69 Å². The van der Waals surface area contributed by atoms with Crippen LogP contribution in [0.15, 0.2) is 18.2 Å². The molecule has 0 bridgehead atoms. The summed E-state index contributed by atoms with van der Waals surface area (Å²) in [6, 6.07) is 5.35. The highest BCUT2D eigenvalue weighted by atomic mass is 16.5. The zero-order valence-electron chi connectivity index (χ0n) is 11.2. The molecular weight excluding hydrogens is 244 g/mol. The van der Waals surface area contributed by atoms with E-state index < -0.39 is 0 Å². The topological polar surface area (TPSA) is 72.6 Å². The molecule has 2 N–H and O–H groups in total. The average molecular weight is 262 g/mol. The zero-order chi connectivity index (χ0) is 14.0. The van der Waals surface area contributed by atoms with Crippen molar-refractivity contribution in [1.29, 1.82) is 0 Å². The van der Waals surface area contributed by atoms with Crippen molar-refractivity contribution in [1.82, 2.24) is 0 Å². The monoisotopic (exact) mass is 262 g/mol. The van der Waals surface area contributed by atoms with E-state index in [0.717, 1.165) is 11.3 Å². The van der Waals surface area contributed by atoms with E-state index in [1.807, 2.05) is 18.2 Å². The molecule has 0 spiro atoms. The molecule has 1 aromatic carbocycles. The van der Waals surface area contributed by atoms with Gasteiger partial charge in [0.1, 0.15) is 11.5 Å². The molecule has 0 radical (unpaired) electrons. The molecule has 19 heavy (non-hydrogen) atoms. The van der Waals surface area contributed by atoms with E-state index in [0.29, 0.717) is 18.6 Å². The van der Waals surface area contributed by atoms with Crippen molar-refractivity contribution in [3.63, 3.8) is 0 Å². The van der Waals surface area contributed by atoms with Crippen LogP contribution in [0.5, 0.6) is 5.75 Å². The minimum Gasteiger partial charge on any atom is -0.482 e. The lowest BCUT2D eigenvalue weighted by Gasteiger charge is -2.27. The maximum Gasteiger partial charge on any atom is 0.264 e. The third-order valence-electron chi connectivity index (χ3n) is 3.31. The van der Waals surface area contributed by atoms with Crippen molar-refractivity contribution in [2.75, 3.05) is 18.6 Å². The molecule has 0 saturated heterocycles. The third kappa shape index (κ3) is 2.93. The van der Waals surface area contributed by atoms with Crippen LogP contribution >= 0.6 is 0 Å². The predicted octanol–water partition coefficient (Wildman–Crippen LogP) is 1.41. The highest BCUT2D eigenvalue weighted by Crippen LogP contribution is 2.33. The summed E-state index contributed by atoms with van der Waals surface area (Å²) in [6.45, 7) is 1.62. The van der Waals surface area contributed by atoms with Gasteiger partial charge in [0.2, 0.25) is 0 Å². The fourth-order valence-electron chi connectivity index (χ4n) is 2.05. The van der Waals surface area contributed by atoms with E-state index in [4.69, 9.17) is 10.5 Å². The summed E-state index contributed by atoms with van der Waals surface area (Å²) in [4.78, 5) is 24.1. The van der Waals surface area contributed by atoms with Crippen molar-refractivity contribution >= 4 is 17.4 Å². The fourth-order valence-corrected chi connectivity index (χ4v) is 2.05. The van der Waals surface area contributed by atoms with E-state index in [2.05, 4.69) is 0 Å². The summed E-state index contributed by atoms with van der Waals surface area (Å²) < 4.78 is 5.35. The fraction of sp³-hybridized carbons (Fsp3) is 0.429. The number of ketones is 1. The highest BCUT2D eigenvalue weighted by Gasteiger charge is 2.23. The van der Waals surface area contributed by atoms with Crippen molar-refractivity contribution in [3.8, 4) is 5.75 Å². The number of anilines is 1. The standard InChI is InChI=1S/C14H18N2O3/c1-9(17)3-5-11(15)10-4-6-13-12(7-10)16(2)14(18)8-19-13/h4,6-7,11H,3,5,8,15H2,1-2H3. The first kappa shape index (κ1) is 13.5. The molecule has 0 aromatic heterocycles. The highest BCUT2D eigenvalue weighted by molar-refractivity contribution is 5.97. The third-order valence-corrected chi connectivity index (χ3v) is 3.31. The summed E-state index contributed by atoms with van der Waals surface area (Å²) in [6.07, 6.45) is 1.07. The van der Waals surface area contributed by atoms with E-state index in [1.54, 1.807) is 18.9 Å². The first-order valence-corrected chi connectivity index (χ1v) is 6.27. The Morgan fingerprint density at radius 3 is 2.95 bits per heavy atom. The van der Waals surface area contributed by atoms with E-state index in [-0.39, 0.29) is 24.3 Å². The molecule has 5 heteroatoms. The molecule has 0 saturated carbocycles. The van der Waals surface area contributed by atoms with Gasteiger partial charge in [-0.2, -0.15) is 0 Å². The van der Waals surface area contributed by atoms with Crippen LogP contribution in [0.25, 0.3) is 0 Å². The molecule has 5 nitrogen and oxygen atoms in total. The van der Waals surface area contributed by atoms with Gasteiger partial charge in [-0.25, -0.2) is 0 Å². The Morgan fingerprint density at radius 1 is 1.53 bits per heavy atom. The molecule has 1 heterocycles. The Kier molecular flexibility index (Phi) is 3.85. The Bertz CT molecular complexity index is 513. The van der Waals surface area contributed by atoms with Gasteiger partial charge in [-0.15, -0.1) is 0 Å². The van der Waals surface area contributed by atoms with Gasteiger partial charge in [-0.1, -0.05) is 6.07 Å². The maximum absolute atomic E-state index is 11.6. The second-order valence-corrected chi connectivity index (χ2v) is 4.82. The number of benzene rings is 1. The Labute approximate surface area is 112 Å². The molecule has 1 amide bonds. The minimum atomic E-state index is -0.209. The molecule has 1 unspecified atom stereocenters. The number of carbonyl (C=O) groups is 2. The SMILES string of the molecule is CC(=O)CCC(N)c1ccc2c(c1)N(C)C(=O)CO2. The van der Waals surface area contributed by atoms with E-state index in [1.165, 1.54) is 0 Å². The van der Waals surface area contributed by atoms with Crippen LogP contribution in [-0.2, 0) is 9.59 Å². The minimum absolute atomic E-state index is 0.0687. The number of nitrogens with zero attached hydrogens (tertiary/aromatic N) is 1. The number of rotatable bonds is 4. The summed E-state index contributed by atoms with van der Waals surface area (Å²) in [5.74, 6) is 0.732. The largest absolute Gasteiger partial charge is 0.482 e. The lowest BCUT2D eigenvalue weighted by molar-refractivity contribution is -0.121. The number of hydrogen-bond acceptors (Lipinski definition) is 4. The first-order chi connectivity index (χ1) is 8.99. The zero-order valence-corrected chi connectivity index (χ0v) is 11.2. The van der Waals surface area contributed by atoms with Crippen molar-refractivity contribution in [2.45, 2.75) is 25.8 Å². The van der Waals surface area contributed by atoms with Gasteiger partial charge in [0, 0.05) is 19.5 Å². The number of amides is 1. The molecule has 0 aliphatic carbocycles. The van der Waals surface area contributed by atoms with Gasteiger partial charge in [-0.3, -0.25) is 4.79 Å². The Balaban J connectivity index is 2.20. The number of likely N-dealkylation sites (N-methyl/N-ethyl adjacent to an activating group) is 1. The van der Waals surface area contributed by atoms with Crippen molar-refractivity contribution < 1.29 is 14.3 Å². The summed E-state index contributed by atoms with van der Waals surface area (Å²) >= 11 is 0. The molecule has 1 aliphatic rings. The number of Topliss-reactive ketones (excluding diaryl/α,β-unsaturated/α-hetero) is 1. The van der Waals surface area contributed by atoms with Gasteiger partial charge in [-0.05, 0) is 31.0 Å². The summed E-state index contributed by atoms with van der Waals surface area (Å²) in [7, 11) is 1.72. The molecule has 1 aliphatic heterocycles. The number of nitrogens with two attached hydrogens (primary N) is 1. The van der Waals surface area contributed by atoms with Crippen LogP contribution in [0, 0.1) is 0 Å². The van der Waals surface area contributed by atoms with Gasteiger partial charge in [0.15, 0.2) is 6.61 Å². The van der Waals surface area contributed by atoms with Gasteiger partial charge in [0.25, 0.3) is 5.91 Å². The molecule has 1 atom stereocenters. The van der Waals surface area contributed by atoms with Crippen LogP contribution in [0.2, 0.25) is 0 Å². The number of ether oxygens (including phenoxy) is 1. The summed E-state index contributed by atoms with van der Waals surface area (Å²) in [5, 5.41) is 0. The maximum atomic E-state index is 11.6. The van der Waals surface area contributed by atoms with Crippen LogP contribution in [0.1, 0.15) is 31.4 Å².